The third kappa shape index (κ3) is 5.89. The van der Waals surface area contributed by atoms with Crippen molar-refractivity contribution >= 4 is 51.0 Å². The highest BCUT2D eigenvalue weighted by Crippen LogP contribution is 2.30. The van der Waals surface area contributed by atoms with Crippen molar-refractivity contribution in [2.45, 2.75) is 0 Å². The van der Waals surface area contributed by atoms with Gasteiger partial charge >= 0.3 is 5.69 Å². The van der Waals surface area contributed by atoms with Gasteiger partial charge in [-0.3, -0.25) is 10.1 Å². The second-order valence-electron chi connectivity index (χ2n) is 8.62. The van der Waals surface area contributed by atoms with Crippen LogP contribution in [0.1, 0.15) is 0 Å². The van der Waals surface area contributed by atoms with Crippen LogP contribution in [0, 0.1) is 15.9 Å². The van der Waals surface area contributed by atoms with Crippen LogP contribution in [-0.4, -0.2) is 33.4 Å². The summed E-state index contributed by atoms with van der Waals surface area (Å²) in [6.45, 7) is 0.896. The average Bonchev–Trinajstić information content (AvgIpc) is 3.59. The number of benzene rings is 4. The number of anilines is 2. The van der Waals surface area contributed by atoms with E-state index in [1.807, 2.05) is 48.5 Å². The first-order valence-electron chi connectivity index (χ1n) is 12.2. The lowest BCUT2D eigenvalue weighted by molar-refractivity contribution is -0.387. The van der Waals surface area contributed by atoms with E-state index in [4.69, 9.17) is 14.6 Å². The number of para-hydroxylation sites is 4. The van der Waals surface area contributed by atoms with Crippen LogP contribution in [-0.2, 0) is 0 Å². The summed E-state index contributed by atoms with van der Waals surface area (Å²) in [7, 11) is 0. The van der Waals surface area contributed by atoms with Crippen molar-refractivity contribution in [1.82, 2.24) is 9.97 Å². The molecule has 6 rings (SSSR count). The van der Waals surface area contributed by atoms with Crippen LogP contribution in [0.2, 0.25) is 0 Å². The first-order chi connectivity index (χ1) is 19.4. The Balaban J connectivity index is 0.000000162. The zero-order valence-corrected chi connectivity index (χ0v) is 22.2. The number of nitrogen functional groups attached to an aromatic ring is 1. The number of thioether (sulfide) groups is 1. The molecule has 0 radical (unpaired) electrons. The molecule has 0 aliphatic rings. The van der Waals surface area contributed by atoms with Crippen molar-refractivity contribution in [2.24, 2.45) is 0 Å². The number of nitro groups is 1. The minimum atomic E-state index is -0.884. The van der Waals surface area contributed by atoms with Gasteiger partial charge in [0.15, 0.2) is 11.2 Å². The molecule has 9 nitrogen and oxygen atoms in total. The summed E-state index contributed by atoms with van der Waals surface area (Å²) in [4.78, 5) is 18.6. The highest BCUT2D eigenvalue weighted by Gasteiger charge is 2.17. The number of hydrogen-bond acceptors (Lipinski definition) is 9. The lowest BCUT2D eigenvalue weighted by atomic mass is 10.1. The maximum atomic E-state index is 13.2. The van der Waals surface area contributed by atoms with Crippen molar-refractivity contribution in [2.75, 3.05) is 29.6 Å². The van der Waals surface area contributed by atoms with Crippen molar-refractivity contribution in [3.63, 3.8) is 0 Å². The van der Waals surface area contributed by atoms with Crippen LogP contribution < -0.4 is 11.1 Å². The summed E-state index contributed by atoms with van der Waals surface area (Å²) >= 11 is 1.80. The van der Waals surface area contributed by atoms with Gasteiger partial charge in [0, 0.05) is 29.5 Å². The van der Waals surface area contributed by atoms with E-state index in [2.05, 4.69) is 21.5 Å². The summed E-state index contributed by atoms with van der Waals surface area (Å²) in [5, 5.41) is 14.0. The number of nitrogens with two attached hydrogens (primary N) is 1. The molecule has 2 heterocycles. The van der Waals surface area contributed by atoms with Crippen LogP contribution in [0.15, 0.2) is 93.8 Å². The lowest BCUT2D eigenvalue weighted by Gasteiger charge is -2.09. The van der Waals surface area contributed by atoms with Gasteiger partial charge < -0.3 is 19.9 Å². The second kappa shape index (κ2) is 11.9. The van der Waals surface area contributed by atoms with E-state index < -0.39 is 16.4 Å². The maximum Gasteiger partial charge on any atom is 0.305 e. The molecule has 11 heteroatoms. The number of aromatic nitrogens is 2. The molecule has 0 atom stereocenters. The summed E-state index contributed by atoms with van der Waals surface area (Å²) in [5.41, 5.74) is 11.3. The number of fused-ring (bicyclic) bond motifs is 2. The smallest absolute Gasteiger partial charge is 0.305 e. The van der Waals surface area contributed by atoms with Gasteiger partial charge in [0.1, 0.15) is 11.0 Å². The molecular weight excluding hydrogens is 533 g/mol. The lowest BCUT2D eigenvalue weighted by Crippen LogP contribution is -2.06. The summed E-state index contributed by atoms with van der Waals surface area (Å²) in [5.74, 6) is 0.986. The Labute approximate surface area is 232 Å². The minimum Gasteiger partial charge on any atom is -0.436 e. The van der Waals surface area contributed by atoms with Crippen LogP contribution in [0.4, 0.5) is 21.5 Å². The molecule has 0 aliphatic carbocycles. The second-order valence-corrected chi connectivity index (χ2v) is 9.60. The molecule has 4 aromatic carbocycles. The number of oxazole rings is 2. The molecule has 0 aliphatic heterocycles. The zero-order valence-electron chi connectivity index (χ0n) is 21.3. The molecule has 202 valence electrons. The zero-order chi connectivity index (χ0) is 28.1. The molecule has 0 amide bonds. The van der Waals surface area contributed by atoms with Crippen molar-refractivity contribution in [1.29, 1.82) is 0 Å². The first-order valence-corrected chi connectivity index (χ1v) is 13.6. The SMILES string of the molecule is CSCCNc1ccc(-c2nc3ccccc3o2)cc1N.O=[N+]([O-])c1cc(-c2nc3ccccc3o2)ccc1F. The van der Waals surface area contributed by atoms with Gasteiger partial charge in [-0.25, -0.2) is 9.97 Å². The van der Waals surface area contributed by atoms with Crippen molar-refractivity contribution < 1.29 is 18.1 Å². The van der Waals surface area contributed by atoms with E-state index in [0.29, 0.717) is 28.2 Å². The number of halogens is 1. The molecule has 0 bridgehead atoms. The van der Waals surface area contributed by atoms with Gasteiger partial charge in [0.05, 0.1) is 16.3 Å². The Morgan fingerprint density at radius 1 is 0.900 bits per heavy atom. The Bertz CT molecular complexity index is 1740. The van der Waals surface area contributed by atoms with E-state index in [1.165, 1.54) is 6.07 Å². The molecule has 40 heavy (non-hydrogen) atoms. The minimum absolute atomic E-state index is 0.226. The molecule has 0 fully saturated rings. The third-order valence-electron chi connectivity index (χ3n) is 5.90. The van der Waals surface area contributed by atoms with Gasteiger partial charge in [-0.05, 0) is 60.9 Å². The summed E-state index contributed by atoms with van der Waals surface area (Å²) in [6.07, 6.45) is 2.08. The van der Waals surface area contributed by atoms with Crippen molar-refractivity contribution in [3.8, 4) is 22.9 Å². The molecule has 0 spiro atoms. The monoisotopic (exact) mass is 557 g/mol. The van der Waals surface area contributed by atoms with Crippen molar-refractivity contribution in [3.05, 3.63) is 101 Å². The highest BCUT2D eigenvalue weighted by atomic mass is 32.2. The van der Waals surface area contributed by atoms with Gasteiger partial charge in [-0.15, -0.1) is 0 Å². The normalized spacial score (nSPS) is 10.8. The first kappa shape index (κ1) is 26.7. The molecule has 0 unspecified atom stereocenters. The fourth-order valence-corrected chi connectivity index (χ4v) is 4.23. The van der Waals surface area contributed by atoms with E-state index in [9.17, 15) is 14.5 Å². The molecule has 0 saturated carbocycles. The maximum absolute atomic E-state index is 13.2. The topological polar surface area (TPSA) is 133 Å². The molecule has 0 saturated heterocycles. The standard InChI is InChI=1S/C16H17N3OS.C13H7FN2O3/c1-21-9-8-18-13-7-6-11(10-12(13)17)16-19-14-4-2-3-5-15(14)20-16;14-9-6-5-8(7-11(9)16(17)18)13-15-10-3-1-2-4-12(10)19-13/h2-7,10,18H,8-9,17H2,1H3;1-7H. The fourth-order valence-electron chi connectivity index (χ4n) is 3.92. The largest absolute Gasteiger partial charge is 0.436 e. The number of nitro benzene ring substituents is 1. The summed E-state index contributed by atoms with van der Waals surface area (Å²) < 4.78 is 24.5. The molecule has 3 N–H and O–H groups in total. The predicted molar refractivity (Wildman–Crippen MR) is 157 cm³/mol. The number of nitrogens with one attached hydrogen (secondary N) is 1. The Morgan fingerprint density at radius 2 is 1.48 bits per heavy atom. The molecule has 6 aromatic rings. The van der Waals surface area contributed by atoms with Gasteiger partial charge in [0.25, 0.3) is 0 Å². The highest BCUT2D eigenvalue weighted by molar-refractivity contribution is 7.98. The van der Waals surface area contributed by atoms with E-state index in [1.54, 1.807) is 30.0 Å². The Hall–Kier alpha value is -4.90. The number of nitrogens with zero attached hydrogens (tertiary/aromatic N) is 3. The molecule has 2 aromatic heterocycles. The van der Waals surface area contributed by atoms with Crippen LogP contribution in [0.25, 0.3) is 45.1 Å². The van der Waals surface area contributed by atoms with Gasteiger partial charge in [-0.1, -0.05) is 24.3 Å². The van der Waals surface area contributed by atoms with E-state index in [-0.39, 0.29) is 5.89 Å². The third-order valence-corrected chi connectivity index (χ3v) is 6.51. The van der Waals surface area contributed by atoms with Gasteiger partial charge in [-0.2, -0.15) is 16.2 Å². The van der Waals surface area contributed by atoms with Crippen LogP contribution in [0.5, 0.6) is 0 Å². The number of hydrogen-bond donors (Lipinski definition) is 2. The summed E-state index contributed by atoms with van der Waals surface area (Å²) in [6, 6.07) is 24.2. The quantitative estimate of drug-likeness (QED) is 0.0891. The number of rotatable bonds is 7. The molecular formula is C29H24FN5O4S. The van der Waals surface area contributed by atoms with Crippen LogP contribution in [0.3, 0.4) is 0 Å². The fraction of sp³-hybridized carbons (Fsp3) is 0.103. The predicted octanol–water partition coefficient (Wildman–Crippen LogP) is 7.39. The average molecular weight is 558 g/mol. The van der Waals surface area contributed by atoms with Crippen LogP contribution >= 0.6 is 11.8 Å². The van der Waals surface area contributed by atoms with E-state index >= 15 is 0 Å². The Kier molecular flexibility index (Phi) is 7.92. The van der Waals surface area contributed by atoms with Gasteiger partial charge in [0.2, 0.25) is 17.6 Å². The Morgan fingerprint density at radius 3 is 2.02 bits per heavy atom. The van der Waals surface area contributed by atoms with E-state index in [0.717, 1.165) is 46.8 Å².